The summed E-state index contributed by atoms with van der Waals surface area (Å²) < 4.78 is 1.90. The molecule has 1 N–H and O–H groups in total. The van der Waals surface area contributed by atoms with Crippen LogP contribution in [-0.2, 0) is 13.1 Å². The second kappa shape index (κ2) is 6.99. The molecule has 114 valence electrons. The van der Waals surface area contributed by atoms with Crippen LogP contribution in [0.4, 0.5) is 5.69 Å². The minimum Gasteiger partial charge on any atom is -0.381 e. The van der Waals surface area contributed by atoms with Crippen molar-refractivity contribution < 1.29 is 0 Å². The Morgan fingerprint density at radius 3 is 2.74 bits per heavy atom. The molecule has 3 aromatic rings. The van der Waals surface area contributed by atoms with Gasteiger partial charge in [-0.05, 0) is 35.4 Å². The van der Waals surface area contributed by atoms with Crippen LogP contribution >= 0.6 is 11.6 Å². The van der Waals surface area contributed by atoms with Crippen LogP contribution in [0.1, 0.15) is 16.7 Å². The summed E-state index contributed by atoms with van der Waals surface area (Å²) in [5, 5.41) is 16.9. The van der Waals surface area contributed by atoms with Crippen LogP contribution in [0.15, 0.2) is 60.9 Å². The summed E-state index contributed by atoms with van der Waals surface area (Å²) >= 11 is 6.04. The maximum atomic E-state index is 8.89. The Kier molecular flexibility index (Phi) is 4.60. The third-order valence-corrected chi connectivity index (χ3v) is 3.79. The van der Waals surface area contributed by atoms with Crippen LogP contribution in [0, 0.1) is 11.3 Å². The Labute approximate surface area is 139 Å². The van der Waals surface area contributed by atoms with Gasteiger partial charge in [0.05, 0.1) is 17.1 Å². The van der Waals surface area contributed by atoms with Gasteiger partial charge < -0.3 is 5.32 Å². The fraction of sp³-hybridized carbons (Fsp3) is 0.111. The van der Waals surface area contributed by atoms with Gasteiger partial charge in [0.25, 0.3) is 0 Å². The van der Waals surface area contributed by atoms with Crippen molar-refractivity contribution in [3.05, 3.63) is 82.6 Å². The van der Waals surface area contributed by atoms with Crippen molar-refractivity contribution in [3.8, 4) is 6.07 Å². The van der Waals surface area contributed by atoms with Gasteiger partial charge in [0.2, 0.25) is 0 Å². The second-order valence-electron chi connectivity index (χ2n) is 5.18. The average Bonchev–Trinajstić information content (AvgIpc) is 3.06. The first-order valence-electron chi connectivity index (χ1n) is 7.23. The lowest BCUT2D eigenvalue weighted by Crippen LogP contribution is -2.03. The first-order valence-corrected chi connectivity index (χ1v) is 7.61. The smallest absolute Gasteiger partial charge is 0.101 e. The minimum atomic E-state index is 0.463. The molecule has 0 aliphatic carbocycles. The van der Waals surface area contributed by atoms with E-state index in [0.717, 1.165) is 12.2 Å². The van der Waals surface area contributed by atoms with E-state index in [0.29, 0.717) is 17.1 Å². The largest absolute Gasteiger partial charge is 0.381 e. The Bertz CT molecular complexity index is 834. The molecule has 0 aliphatic rings. The van der Waals surface area contributed by atoms with Crippen molar-refractivity contribution in [2.75, 3.05) is 5.32 Å². The summed E-state index contributed by atoms with van der Waals surface area (Å²) in [5.41, 5.74) is 3.76. The molecule has 2 aromatic carbocycles. The highest BCUT2D eigenvalue weighted by Gasteiger charge is 2.02. The number of anilines is 1. The fourth-order valence-electron chi connectivity index (χ4n) is 2.34. The number of nitrogens with one attached hydrogen (secondary N) is 1. The molecule has 4 nitrogen and oxygen atoms in total. The van der Waals surface area contributed by atoms with E-state index in [1.807, 2.05) is 29.1 Å². The van der Waals surface area contributed by atoms with Gasteiger partial charge in [-0.1, -0.05) is 35.9 Å². The maximum Gasteiger partial charge on any atom is 0.101 e. The number of hydrogen-bond acceptors (Lipinski definition) is 3. The molecule has 0 saturated heterocycles. The zero-order valence-corrected chi connectivity index (χ0v) is 13.2. The predicted octanol–water partition coefficient (Wildman–Crippen LogP) is 4.07. The normalized spacial score (nSPS) is 10.3. The highest BCUT2D eigenvalue weighted by atomic mass is 35.5. The Morgan fingerprint density at radius 2 is 2.00 bits per heavy atom. The van der Waals surface area contributed by atoms with Gasteiger partial charge in [0, 0.05) is 24.6 Å². The van der Waals surface area contributed by atoms with Crippen molar-refractivity contribution in [1.82, 2.24) is 9.78 Å². The van der Waals surface area contributed by atoms with Crippen molar-refractivity contribution in [2.24, 2.45) is 0 Å². The Balaban J connectivity index is 1.66. The molecule has 0 atom stereocenters. The molecule has 0 unspecified atom stereocenters. The van der Waals surface area contributed by atoms with Gasteiger partial charge in [-0.2, -0.15) is 10.4 Å². The van der Waals surface area contributed by atoms with Crippen LogP contribution in [0.3, 0.4) is 0 Å². The topological polar surface area (TPSA) is 53.6 Å². The van der Waals surface area contributed by atoms with Crippen molar-refractivity contribution in [2.45, 2.75) is 13.1 Å². The van der Waals surface area contributed by atoms with Gasteiger partial charge in [-0.3, -0.25) is 4.68 Å². The molecule has 0 bridgehead atoms. The molecule has 1 aromatic heterocycles. The summed E-state index contributed by atoms with van der Waals surface area (Å²) in [6, 6.07) is 17.7. The summed E-state index contributed by atoms with van der Waals surface area (Å²) in [4.78, 5) is 0. The number of rotatable bonds is 5. The van der Waals surface area contributed by atoms with E-state index in [4.69, 9.17) is 16.9 Å². The van der Waals surface area contributed by atoms with Crippen LogP contribution < -0.4 is 5.32 Å². The average molecular weight is 323 g/mol. The molecule has 5 heteroatoms. The van der Waals surface area contributed by atoms with Crippen molar-refractivity contribution in [3.63, 3.8) is 0 Å². The number of benzene rings is 2. The third-order valence-electron chi connectivity index (χ3n) is 3.48. The number of hydrogen-bond donors (Lipinski definition) is 1. The molecule has 0 radical (unpaired) electrons. The summed E-state index contributed by atoms with van der Waals surface area (Å²) in [6.07, 6.45) is 3.73. The maximum absolute atomic E-state index is 8.89. The van der Waals surface area contributed by atoms with E-state index in [1.54, 1.807) is 18.3 Å². The molecule has 0 fully saturated rings. The van der Waals surface area contributed by atoms with Crippen LogP contribution in [-0.4, -0.2) is 9.78 Å². The molecule has 23 heavy (non-hydrogen) atoms. The van der Waals surface area contributed by atoms with Gasteiger partial charge in [0.15, 0.2) is 0 Å². The molecule has 0 aliphatic heterocycles. The number of halogens is 1. The van der Waals surface area contributed by atoms with E-state index < -0.39 is 0 Å². The lowest BCUT2D eigenvalue weighted by molar-refractivity contribution is 0.686. The molecule has 3 rings (SSSR count). The van der Waals surface area contributed by atoms with E-state index in [2.05, 4.69) is 34.7 Å². The number of nitrogens with zero attached hydrogens (tertiary/aromatic N) is 3. The van der Waals surface area contributed by atoms with Crippen molar-refractivity contribution >= 4 is 17.3 Å². The first kappa shape index (κ1) is 15.1. The number of aromatic nitrogens is 2. The van der Waals surface area contributed by atoms with Crippen molar-refractivity contribution in [1.29, 1.82) is 5.26 Å². The second-order valence-corrected chi connectivity index (χ2v) is 5.59. The third kappa shape index (κ3) is 3.91. The Morgan fingerprint density at radius 1 is 1.13 bits per heavy atom. The lowest BCUT2D eigenvalue weighted by atomic mass is 10.1. The molecular formula is C18H15ClN4. The predicted molar refractivity (Wildman–Crippen MR) is 91.3 cm³/mol. The molecule has 0 saturated carbocycles. The Hall–Kier alpha value is -2.77. The number of nitriles is 1. The molecule has 1 heterocycles. The van der Waals surface area contributed by atoms with E-state index in [9.17, 15) is 0 Å². The monoisotopic (exact) mass is 322 g/mol. The SMILES string of the molecule is N#Cc1ccc(NCc2cccc(Cn3cccn3)c2)cc1Cl. The van der Waals surface area contributed by atoms with Gasteiger partial charge in [0.1, 0.15) is 6.07 Å². The van der Waals surface area contributed by atoms with Crippen LogP contribution in [0.25, 0.3) is 0 Å². The standard InChI is InChI=1S/C18H15ClN4/c19-18-10-17(6-5-16(18)11-20)21-12-14-3-1-4-15(9-14)13-23-8-2-7-22-23/h1-10,21H,12-13H2. The van der Waals surface area contributed by atoms with E-state index >= 15 is 0 Å². The summed E-state index contributed by atoms with van der Waals surface area (Å²) in [7, 11) is 0. The summed E-state index contributed by atoms with van der Waals surface area (Å²) in [5.74, 6) is 0. The molecular weight excluding hydrogens is 308 g/mol. The zero-order chi connectivity index (χ0) is 16.1. The molecule has 0 spiro atoms. The minimum absolute atomic E-state index is 0.463. The quantitative estimate of drug-likeness (QED) is 0.770. The van der Waals surface area contributed by atoms with Crippen LogP contribution in [0.2, 0.25) is 5.02 Å². The summed E-state index contributed by atoms with van der Waals surface area (Å²) in [6.45, 7) is 1.44. The highest BCUT2D eigenvalue weighted by Crippen LogP contribution is 2.20. The fourth-order valence-corrected chi connectivity index (χ4v) is 2.56. The highest BCUT2D eigenvalue weighted by molar-refractivity contribution is 6.32. The first-order chi connectivity index (χ1) is 11.2. The zero-order valence-electron chi connectivity index (χ0n) is 12.4. The van der Waals surface area contributed by atoms with Crippen LogP contribution in [0.5, 0.6) is 0 Å². The lowest BCUT2D eigenvalue weighted by Gasteiger charge is -2.09. The molecule has 0 amide bonds. The van der Waals surface area contributed by atoms with Gasteiger partial charge >= 0.3 is 0 Å². The van der Waals surface area contributed by atoms with E-state index in [1.165, 1.54) is 11.1 Å². The van der Waals surface area contributed by atoms with Gasteiger partial charge in [-0.15, -0.1) is 0 Å². The van der Waals surface area contributed by atoms with E-state index in [-0.39, 0.29) is 0 Å². The van der Waals surface area contributed by atoms with Gasteiger partial charge in [-0.25, -0.2) is 0 Å².